The number of rotatable bonds is 1. The van der Waals surface area contributed by atoms with E-state index in [0.29, 0.717) is 18.7 Å². The molecule has 0 radical (unpaired) electrons. The largest absolute Gasteiger partial charge is 0.391 e. The molecule has 1 aliphatic carbocycles. The molecule has 2 aromatic rings. The molecule has 0 bridgehead atoms. The predicted molar refractivity (Wildman–Crippen MR) is 95.1 cm³/mol. The minimum Gasteiger partial charge on any atom is -0.391 e. The molecule has 0 aromatic heterocycles. The van der Waals surface area contributed by atoms with E-state index in [4.69, 9.17) is 0 Å². The van der Waals surface area contributed by atoms with Gasteiger partial charge in [-0.3, -0.25) is 9.59 Å². The summed E-state index contributed by atoms with van der Waals surface area (Å²) in [6.45, 7) is 0.745. The fourth-order valence-electron chi connectivity index (χ4n) is 3.69. The fourth-order valence-corrected chi connectivity index (χ4v) is 3.69. The molecule has 1 saturated heterocycles. The van der Waals surface area contributed by atoms with E-state index in [0.717, 1.165) is 18.4 Å². The number of nitrogens with zero attached hydrogens (tertiary/aromatic N) is 1. The number of aliphatic hydroxyl groups is 1. The summed E-state index contributed by atoms with van der Waals surface area (Å²) >= 11 is 0. The molecule has 5 heteroatoms. The van der Waals surface area contributed by atoms with Crippen LogP contribution in [0.4, 0.5) is 5.69 Å². The van der Waals surface area contributed by atoms with Gasteiger partial charge in [-0.15, -0.1) is 0 Å². The Morgan fingerprint density at radius 1 is 1.08 bits per heavy atom. The van der Waals surface area contributed by atoms with Crippen molar-refractivity contribution in [2.24, 2.45) is 0 Å². The molecular weight excluding hydrogens is 316 g/mol. The van der Waals surface area contributed by atoms with E-state index in [-0.39, 0.29) is 6.54 Å². The maximum absolute atomic E-state index is 12.3. The highest BCUT2D eigenvalue weighted by molar-refractivity contribution is 6.39. The normalized spacial score (nSPS) is 18.4. The zero-order valence-corrected chi connectivity index (χ0v) is 13.9. The number of β-amino-alcohol motifs (C(OH)–C–C–N with tert-alkyl or cyclic N) is 1. The Labute approximate surface area is 146 Å². The molecule has 0 spiro atoms. The number of aliphatic hydroxyl groups excluding tert-OH is 1. The van der Waals surface area contributed by atoms with Gasteiger partial charge in [-0.1, -0.05) is 30.3 Å². The van der Waals surface area contributed by atoms with Crippen LogP contribution in [-0.2, 0) is 16.0 Å². The quantitative estimate of drug-likeness (QED) is 0.669. The predicted octanol–water partition coefficient (Wildman–Crippen LogP) is 2.18. The van der Waals surface area contributed by atoms with Gasteiger partial charge in [0.05, 0.1) is 6.10 Å². The molecule has 1 aliphatic heterocycles. The number of fused-ring (bicyclic) bond motifs is 3. The van der Waals surface area contributed by atoms with Crippen molar-refractivity contribution in [1.82, 2.24) is 4.90 Å². The first-order valence-corrected chi connectivity index (χ1v) is 8.61. The number of carbonyl (C=O) groups is 2. The van der Waals surface area contributed by atoms with Crippen molar-refractivity contribution < 1.29 is 14.7 Å². The van der Waals surface area contributed by atoms with E-state index in [1.165, 1.54) is 21.6 Å². The summed E-state index contributed by atoms with van der Waals surface area (Å²) in [4.78, 5) is 25.9. The molecular formula is C20H20N2O3. The van der Waals surface area contributed by atoms with Crippen molar-refractivity contribution in [2.75, 3.05) is 18.4 Å². The van der Waals surface area contributed by atoms with E-state index in [1.807, 2.05) is 30.3 Å². The third kappa shape index (κ3) is 3.03. The smallest absolute Gasteiger partial charge is 0.313 e. The van der Waals surface area contributed by atoms with Crippen molar-refractivity contribution >= 4 is 17.5 Å². The van der Waals surface area contributed by atoms with Gasteiger partial charge in [0.15, 0.2) is 0 Å². The number of hydrogen-bond acceptors (Lipinski definition) is 3. The highest BCUT2D eigenvalue weighted by Crippen LogP contribution is 2.37. The van der Waals surface area contributed by atoms with Crippen LogP contribution in [-0.4, -0.2) is 41.0 Å². The molecule has 4 rings (SSSR count). The summed E-state index contributed by atoms with van der Waals surface area (Å²) in [6, 6.07) is 14.0. The van der Waals surface area contributed by atoms with E-state index in [1.54, 1.807) is 0 Å². The van der Waals surface area contributed by atoms with Crippen LogP contribution >= 0.6 is 0 Å². The van der Waals surface area contributed by atoms with Crippen LogP contribution in [0.5, 0.6) is 0 Å². The van der Waals surface area contributed by atoms with Crippen LogP contribution < -0.4 is 5.32 Å². The second-order valence-electron chi connectivity index (χ2n) is 6.71. The SMILES string of the molecule is O=C(Nc1ccc2c(c1)Cc1ccccc1-2)C(=O)N1CCCC(O)C1. The lowest BCUT2D eigenvalue weighted by atomic mass is 10.1. The molecule has 2 aliphatic rings. The molecule has 1 unspecified atom stereocenters. The molecule has 2 aromatic carbocycles. The Morgan fingerprint density at radius 2 is 1.88 bits per heavy atom. The van der Waals surface area contributed by atoms with Gasteiger partial charge >= 0.3 is 11.8 Å². The van der Waals surface area contributed by atoms with Gasteiger partial charge in [-0.05, 0) is 53.6 Å². The fraction of sp³-hybridized carbons (Fsp3) is 0.300. The number of piperidine rings is 1. The lowest BCUT2D eigenvalue weighted by Crippen LogP contribution is -2.46. The molecule has 1 heterocycles. The molecule has 5 nitrogen and oxygen atoms in total. The summed E-state index contributed by atoms with van der Waals surface area (Å²) in [7, 11) is 0. The van der Waals surface area contributed by atoms with Gasteiger partial charge in [-0.25, -0.2) is 0 Å². The first kappa shape index (κ1) is 15.8. The van der Waals surface area contributed by atoms with Gasteiger partial charge < -0.3 is 15.3 Å². The van der Waals surface area contributed by atoms with E-state index in [9.17, 15) is 14.7 Å². The number of carbonyl (C=O) groups excluding carboxylic acids is 2. The van der Waals surface area contributed by atoms with Crippen molar-refractivity contribution in [2.45, 2.75) is 25.4 Å². The molecule has 2 N–H and O–H groups in total. The summed E-state index contributed by atoms with van der Waals surface area (Å²) < 4.78 is 0. The number of nitrogens with one attached hydrogen (secondary N) is 1. The highest BCUT2D eigenvalue weighted by atomic mass is 16.3. The summed E-state index contributed by atoms with van der Waals surface area (Å²) in [5.41, 5.74) is 5.47. The van der Waals surface area contributed by atoms with E-state index in [2.05, 4.69) is 17.4 Å². The highest BCUT2D eigenvalue weighted by Gasteiger charge is 2.27. The van der Waals surface area contributed by atoms with Gasteiger partial charge in [0.1, 0.15) is 0 Å². The van der Waals surface area contributed by atoms with Gasteiger partial charge in [0.25, 0.3) is 0 Å². The van der Waals surface area contributed by atoms with Crippen LogP contribution in [0, 0.1) is 0 Å². The first-order chi connectivity index (χ1) is 12.1. The monoisotopic (exact) mass is 336 g/mol. The Balaban J connectivity index is 1.48. The zero-order valence-electron chi connectivity index (χ0n) is 13.9. The van der Waals surface area contributed by atoms with Gasteiger partial charge in [-0.2, -0.15) is 0 Å². The minimum atomic E-state index is -0.649. The van der Waals surface area contributed by atoms with Crippen molar-refractivity contribution in [1.29, 1.82) is 0 Å². The van der Waals surface area contributed by atoms with Gasteiger partial charge in [0.2, 0.25) is 0 Å². The van der Waals surface area contributed by atoms with Crippen molar-refractivity contribution in [3.05, 3.63) is 53.6 Å². The summed E-state index contributed by atoms with van der Waals surface area (Å²) in [5, 5.41) is 12.4. The molecule has 1 atom stereocenters. The Bertz CT molecular complexity index is 847. The van der Waals surface area contributed by atoms with Crippen molar-refractivity contribution in [3.8, 4) is 11.1 Å². The number of amides is 2. The van der Waals surface area contributed by atoms with Crippen LogP contribution in [0.15, 0.2) is 42.5 Å². The van der Waals surface area contributed by atoms with Crippen molar-refractivity contribution in [3.63, 3.8) is 0 Å². The van der Waals surface area contributed by atoms with Crippen LogP contribution in [0.1, 0.15) is 24.0 Å². The Kier molecular flexibility index (Phi) is 4.01. The Hall–Kier alpha value is -2.66. The third-order valence-corrected chi connectivity index (χ3v) is 4.93. The zero-order chi connectivity index (χ0) is 17.4. The molecule has 2 amide bonds. The maximum Gasteiger partial charge on any atom is 0.313 e. The van der Waals surface area contributed by atoms with Crippen LogP contribution in [0.3, 0.4) is 0 Å². The summed E-state index contributed by atoms with van der Waals surface area (Å²) in [6.07, 6.45) is 1.69. The Morgan fingerprint density at radius 3 is 2.72 bits per heavy atom. The number of hydrogen-bond donors (Lipinski definition) is 2. The maximum atomic E-state index is 12.3. The molecule has 128 valence electrons. The average Bonchev–Trinajstić information content (AvgIpc) is 2.98. The topological polar surface area (TPSA) is 69.6 Å². The standard InChI is InChI=1S/C20H20N2O3/c23-16-5-3-9-22(12-16)20(25)19(24)21-15-7-8-18-14(11-15)10-13-4-1-2-6-17(13)18/h1-2,4,6-8,11,16,23H,3,5,9-10,12H2,(H,21,24). The number of likely N-dealkylation sites (tertiary alicyclic amines) is 1. The number of anilines is 1. The third-order valence-electron chi connectivity index (χ3n) is 4.93. The molecule has 1 fully saturated rings. The van der Waals surface area contributed by atoms with Crippen LogP contribution in [0.2, 0.25) is 0 Å². The first-order valence-electron chi connectivity index (χ1n) is 8.61. The second kappa shape index (κ2) is 6.33. The summed E-state index contributed by atoms with van der Waals surface area (Å²) in [5.74, 6) is -1.23. The number of benzene rings is 2. The average molecular weight is 336 g/mol. The molecule has 25 heavy (non-hydrogen) atoms. The van der Waals surface area contributed by atoms with E-state index < -0.39 is 17.9 Å². The lowest BCUT2D eigenvalue weighted by Gasteiger charge is -2.29. The second-order valence-corrected chi connectivity index (χ2v) is 6.71. The van der Waals surface area contributed by atoms with E-state index >= 15 is 0 Å². The van der Waals surface area contributed by atoms with Gasteiger partial charge in [0, 0.05) is 18.8 Å². The lowest BCUT2D eigenvalue weighted by molar-refractivity contribution is -0.145. The molecule has 0 saturated carbocycles. The minimum absolute atomic E-state index is 0.228. The van der Waals surface area contributed by atoms with Crippen LogP contribution in [0.25, 0.3) is 11.1 Å².